The number of halogens is 1. The summed E-state index contributed by atoms with van der Waals surface area (Å²) in [5.41, 5.74) is 6.07. The van der Waals surface area contributed by atoms with E-state index in [9.17, 15) is 0 Å². The third-order valence-electron chi connectivity index (χ3n) is 3.16. The summed E-state index contributed by atoms with van der Waals surface area (Å²) >= 11 is 3.42. The predicted molar refractivity (Wildman–Crippen MR) is 76.8 cm³/mol. The van der Waals surface area contributed by atoms with Crippen molar-refractivity contribution in [3.05, 3.63) is 22.7 Å². The maximum Gasteiger partial charge on any atom is 0.130 e. The van der Waals surface area contributed by atoms with Crippen LogP contribution in [0.25, 0.3) is 0 Å². The number of rotatable bonds is 2. The van der Waals surface area contributed by atoms with E-state index in [0.717, 1.165) is 16.6 Å². The quantitative estimate of drug-likeness (QED) is 0.846. The Hall–Kier alpha value is -0.740. The minimum Gasteiger partial charge on any atom is -0.487 e. The van der Waals surface area contributed by atoms with Crippen LogP contribution in [0.5, 0.6) is 5.75 Å². The molecule has 1 heterocycles. The summed E-state index contributed by atoms with van der Waals surface area (Å²) in [5.74, 6) is 0.779. The summed E-state index contributed by atoms with van der Waals surface area (Å²) in [7, 11) is 0. The van der Waals surface area contributed by atoms with Gasteiger partial charge in [-0.2, -0.15) is 0 Å². The average Bonchev–Trinajstić information content (AvgIpc) is 2.31. The van der Waals surface area contributed by atoms with Crippen molar-refractivity contribution in [2.45, 2.75) is 51.4 Å². The van der Waals surface area contributed by atoms with Gasteiger partial charge in [-0.3, -0.25) is 0 Å². The monoisotopic (exact) mass is 313 g/mol. The second-order valence-electron chi connectivity index (χ2n) is 6.00. The Morgan fingerprint density at radius 1 is 1.28 bits per heavy atom. The summed E-state index contributed by atoms with van der Waals surface area (Å²) in [6.45, 7) is 8.31. The first-order valence-corrected chi connectivity index (χ1v) is 6.90. The molecule has 0 aliphatic carbocycles. The molecule has 2 N–H and O–H groups in total. The van der Waals surface area contributed by atoms with E-state index in [2.05, 4.69) is 43.6 Å². The molecule has 1 saturated heterocycles. The van der Waals surface area contributed by atoms with Gasteiger partial charge in [0, 0.05) is 22.6 Å². The van der Waals surface area contributed by atoms with Crippen LogP contribution >= 0.6 is 15.9 Å². The molecule has 0 aromatic heterocycles. The lowest BCUT2D eigenvalue weighted by atomic mass is 9.97. The number of nitrogens with two attached hydrogens (primary N) is 1. The van der Waals surface area contributed by atoms with Gasteiger partial charge in [0.2, 0.25) is 0 Å². The molecule has 1 aromatic carbocycles. The molecule has 0 saturated carbocycles. The number of anilines is 1. The molecule has 1 aromatic rings. The Bertz CT molecular complexity index is 437. The first-order chi connectivity index (χ1) is 8.18. The fraction of sp³-hybridized carbons (Fsp3) is 0.571. The third kappa shape index (κ3) is 2.98. The zero-order chi connectivity index (χ0) is 13.6. The van der Waals surface area contributed by atoms with Crippen LogP contribution in [0.2, 0.25) is 0 Å². The van der Waals surface area contributed by atoms with Crippen LogP contribution in [0.15, 0.2) is 22.7 Å². The lowest BCUT2D eigenvalue weighted by Gasteiger charge is -2.27. The van der Waals surface area contributed by atoms with Crippen molar-refractivity contribution in [1.82, 2.24) is 0 Å². The molecule has 18 heavy (non-hydrogen) atoms. The SMILES string of the molecule is CC1(C)CC(Oc2cc(N)cc(Br)c2)C(C)(C)O1. The summed E-state index contributed by atoms with van der Waals surface area (Å²) in [6.07, 6.45) is 0.896. The molecular formula is C14H20BrNO2. The minimum atomic E-state index is -0.291. The van der Waals surface area contributed by atoms with Gasteiger partial charge in [-0.25, -0.2) is 0 Å². The van der Waals surface area contributed by atoms with Gasteiger partial charge in [0.25, 0.3) is 0 Å². The first-order valence-electron chi connectivity index (χ1n) is 6.11. The maximum absolute atomic E-state index is 6.05. The van der Waals surface area contributed by atoms with Crippen LogP contribution in [0.1, 0.15) is 34.1 Å². The smallest absolute Gasteiger partial charge is 0.130 e. The maximum atomic E-state index is 6.05. The molecule has 1 fully saturated rings. The van der Waals surface area contributed by atoms with E-state index in [-0.39, 0.29) is 17.3 Å². The molecule has 1 unspecified atom stereocenters. The second kappa shape index (κ2) is 4.42. The Morgan fingerprint density at radius 2 is 1.94 bits per heavy atom. The van der Waals surface area contributed by atoms with Crippen LogP contribution in [0, 0.1) is 0 Å². The standard InChI is InChI=1S/C14H20BrNO2/c1-13(2)8-12(14(3,4)18-13)17-11-6-9(15)5-10(16)7-11/h5-7,12H,8,16H2,1-4H3. The van der Waals surface area contributed by atoms with Crippen LogP contribution in [-0.4, -0.2) is 17.3 Å². The van der Waals surface area contributed by atoms with E-state index in [4.69, 9.17) is 15.2 Å². The van der Waals surface area contributed by atoms with Crippen LogP contribution < -0.4 is 10.5 Å². The molecule has 1 aliphatic rings. The summed E-state index contributed by atoms with van der Waals surface area (Å²) in [6, 6.07) is 5.62. The van der Waals surface area contributed by atoms with Gasteiger partial charge in [-0.05, 0) is 39.8 Å². The Kier molecular flexibility index (Phi) is 3.36. The van der Waals surface area contributed by atoms with Crippen molar-refractivity contribution in [2.24, 2.45) is 0 Å². The van der Waals surface area contributed by atoms with Gasteiger partial charge in [0.1, 0.15) is 17.5 Å². The molecule has 3 nitrogen and oxygen atoms in total. The molecule has 4 heteroatoms. The molecule has 1 aliphatic heterocycles. The highest BCUT2D eigenvalue weighted by molar-refractivity contribution is 9.10. The van der Waals surface area contributed by atoms with E-state index < -0.39 is 0 Å². The number of nitrogen functional groups attached to an aromatic ring is 1. The van der Waals surface area contributed by atoms with Gasteiger partial charge >= 0.3 is 0 Å². The largest absolute Gasteiger partial charge is 0.487 e. The second-order valence-corrected chi connectivity index (χ2v) is 6.91. The number of benzene rings is 1. The fourth-order valence-electron chi connectivity index (χ4n) is 2.51. The molecule has 0 radical (unpaired) electrons. The lowest BCUT2D eigenvalue weighted by molar-refractivity contribution is -0.0846. The Morgan fingerprint density at radius 3 is 2.44 bits per heavy atom. The summed E-state index contributed by atoms with van der Waals surface area (Å²) in [4.78, 5) is 0. The Balaban J connectivity index is 2.19. The predicted octanol–water partition coefficient (Wildman–Crippen LogP) is 3.76. The van der Waals surface area contributed by atoms with Crippen molar-refractivity contribution < 1.29 is 9.47 Å². The zero-order valence-electron chi connectivity index (χ0n) is 11.3. The summed E-state index contributed by atoms with van der Waals surface area (Å²) in [5, 5.41) is 0. The van der Waals surface area contributed by atoms with Gasteiger partial charge in [-0.15, -0.1) is 0 Å². The van der Waals surface area contributed by atoms with Crippen molar-refractivity contribution in [3.63, 3.8) is 0 Å². The highest BCUT2D eigenvalue weighted by Gasteiger charge is 2.47. The molecule has 0 spiro atoms. The zero-order valence-corrected chi connectivity index (χ0v) is 12.9. The number of hydrogen-bond donors (Lipinski definition) is 1. The van der Waals surface area contributed by atoms with E-state index in [1.54, 1.807) is 0 Å². The highest BCUT2D eigenvalue weighted by atomic mass is 79.9. The van der Waals surface area contributed by atoms with E-state index in [1.807, 2.05) is 18.2 Å². The molecule has 2 rings (SSSR count). The molecule has 100 valence electrons. The number of hydrogen-bond acceptors (Lipinski definition) is 3. The van der Waals surface area contributed by atoms with Gasteiger partial charge in [0.05, 0.1) is 5.60 Å². The van der Waals surface area contributed by atoms with Crippen LogP contribution in [0.3, 0.4) is 0 Å². The first kappa shape index (κ1) is 13.7. The summed E-state index contributed by atoms with van der Waals surface area (Å²) < 4.78 is 13.0. The van der Waals surface area contributed by atoms with E-state index >= 15 is 0 Å². The minimum absolute atomic E-state index is 0.0289. The van der Waals surface area contributed by atoms with Gasteiger partial charge < -0.3 is 15.2 Å². The number of ether oxygens (including phenoxy) is 2. The topological polar surface area (TPSA) is 44.5 Å². The van der Waals surface area contributed by atoms with Crippen molar-refractivity contribution in [1.29, 1.82) is 0 Å². The van der Waals surface area contributed by atoms with Crippen molar-refractivity contribution >= 4 is 21.6 Å². The van der Waals surface area contributed by atoms with Gasteiger partial charge in [0.15, 0.2) is 0 Å². The molecule has 1 atom stereocenters. The van der Waals surface area contributed by atoms with Crippen molar-refractivity contribution in [2.75, 3.05) is 5.73 Å². The van der Waals surface area contributed by atoms with Crippen LogP contribution in [-0.2, 0) is 4.74 Å². The molecular weight excluding hydrogens is 294 g/mol. The lowest BCUT2D eigenvalue weighted by Crippen LogP contribution is -2.36. The normalized spacial score (nSPS) is 25.1. The Labute approximate surface area is 117 Å². The van der Waals surface area contributed by atoms with Crippen LogP contribution in [0.4, 0.5) is 5.69 Å². The molecule has 0 amide bonds. The average molecular weight is 314 g/mol. The fourth-order valence-corrected chi connectivity index (χ4v) is 3.00. The van der Waals surface area contributed by atoms with Gasteiger partial charge in [-0.1, -0.05) is 15.9 Å². The van der Waals surface area contributed by atoms with E-state index in [1.165, 1.54) is 0 Å². The van der Waals surface area contributed by atoms with E-state index in [0.29, 0.717) is 5.69 Å². The molecule has 0 bridgehead atoms. The third-order valence-corrected chi connectivity index (χ3v) is 3.62. The highest BCUT2D eigenvalue weighted by Crippen LogP contribution is 2.40. The van der Waals surface area contributed by atoms with Crippen molar-refractivity contribution in [3.8, 4) is 5.75 Å².